The molecule has 2 atom stereocenters. The summed E-state index contributed by atoms with van der Waals surface area (Å²) in [5, 5.41) is 14.5. The Bertz CT molecular complexity index is 687. The van der Waals surface area contributed by atoms with Gasteiger partial charge in [-0.25, -0.2) is 4.79 Å². The molecule has 0 fully saturated rings. The van der Waals surface area contributed by atoms with Crippen LogP contribution in [-0.4, -0.2) is 49.0 Å². The van der Waals surface area contributed by atoms with Crippen molar-refractivity contribution in [3.05, 3.63) is 42.0 Å². The minimum atomic E-state index is -1.23. The van der Waals surface area contributed by atoms with Crippen LogP contribution < -0.4 is 15.4 Å². The molecule has 0 aliphatic carbocycles. The average molecular weight is 419 g/mol. The molecule has 0 aromatic heterocycles. The Morgan fingerprint density at radius 2 is 1.93 bits per heavy atom. The Kier molecular flexibility index (Phi) is 10.2. The molecule has 0 spiro atoms. The number of hydrogen-bond donors (Lipinski definition) is 3. The van der Waals surface area contributed by atoms with E-state index in [1.165, 1.54) is 0 Å². The molecule has 2 bridgehead atoms. The van der Waals surface area contributed by atoms with Crippen LogP contribution in [0.25, 0.3) is 0 Å². The van der Waals surface area contributed by atoms with Gasteiger partial charge in [-0.1, -0.05) is 44.6 Å². The van der Waals surface area contributed by atoms with E-state index in [1.54, 1.807) is 0 Å². The quantitative estimate of drug-likeness (QED) is 0.639. The molecule has 1 aromatic carbocycles. The van der Waals surface area contributed by atoms with E-state index in [0.717, 1.165) is 37.0 Å². The van der Waals surface area contributed by atoms with Crippen LogP contribution in [0.4, 0.5) is 4.79 Å². The molecule has 7 heteroatoms. The molecule has 166 valence electrons. The van der Waals surface area contributed by atoms with Gasteiger partial charge in [0.2, 0.25) is 5.91 Å². The Balaban J connectivity index is 2.13. The topological polar surface area (TPSA) is 96.9 Å². The van der Waals surface area contributed by atoms with Gasteiger partial charge in [-0.15, -0.1) is 0 Å². The van der Waals surface area contributed by atoms with Crippen LogP contribution in [0.1, 0.15) is 45.1 Å². The number of hydrogen-bond acceptors (Lipinski definition) is 4. The molecule has 2 amide bonds. The molecule has 1 aromatic rings. The van der Waals surface area contributed by atoms with Crippen molar-refractivity contribution in [1.82, 2.24) is 10.6 Å². The predicted molar refractivity (Wildman–Crippen MR) is 116 cm³/mol. The number of nitrogens with one attached hydrogen (secondary N) is 2. The zero-order chi connectivity index (χ0) is 21.8. The van der Waals surface area contributed by atoms with Crippen molar-refractivity contribution >= 4 is 12.0 Å². The molecule has 0 unspecified atom stereocenters. The molecule has 30 heavy (non-hydrogen) atoms. The molecule has 2 heterocycles. The highest BCUT2D eigenvalue weighted by atomic mass is 16.5. The van der Waals surface area contributed by atoms with Crippen molar-refractivity contribution in [2.75, 3.05) is 19.8 Å². The average Bonchev–Trinajstić information content (AvgIpc) is 2.70. The summed E-state index contributed by atoms with van der Waals surface area (Å²) in [7, 11) is 0. The second-order valence-electron chi connectivity index (χ2n) is 7.92. The number of ether oxygens (including phenoxy) is 2. The first-order valence-electron chi connectivity index (χ1n) is 10.7. The zero-order valence-corrected chi connectivity index (χ0v) is 17.9. The number of carbonyl (C=O) groups is 2. The lowest BCUT2D eigenvalue weighted by Crippen LogP contribution is -2.52. The van der Waals surface area contributed by atoms with E-state index in [4.69, 9.17) is 9.47 Å². The molecule has 0 saturated heterocycles. The molecule has 3 rings (SSSR count). The van der Waals surface area contributed by atoms with Gasteiger partial charge < -0.3 is 25.2 Å². The lowest BCUT2D eigenvalue weighted by molar-refractivity contribution is -0.124. The second-order valence-corrected chi connectivity index (χ2v) is 7.92. The van der Waals surface area contributed by atoms with Crippen LogP contribution in [0.3, 0.4) is 0 Å². The van der Waals surface area contributed by atoms with E-state index in [0.29, 0.717) is 19.8 Å². The van der Waals surface area contributed by atoms with Crippen molar-refractivity contribution in [2.45, 2.75) is 58.0 Å². The Morgan fingerprint density at radius 1 is 1.17 bits per heavy atom. The van der Waals surface area contributed by atoms with Crippen LogP contribution in [0.15, 0.2) is 36.4 Å². The molecule has 7 nitrogen and oxygen atoms in total. The Morgan fingerprint density at radius 3 is 2.63 bits per heavy atom. The Labute approximate surface area is 178 Å². The van der Waals surface area contributed by atoms with Gasteiger partial charge in [0.15, 0.2) is 0 Å². The molecule has 0 saturated carbocycles. The first kappa shape index (κ1) is 23.7. The van der Waals surface area contributed by atoms with Crippen LogP contribution in [0, 0.1) is 5.92 Å². The minimum absolute atomic E-state index is 0.166. The van der Waals surface area contributed by atoms with Crippen molar-refractivity contribution in [3.63, 3.8) is 0 Å². The highest BCUT2D eigenvalue weighted by Crippen LogP contribution is 2.14. The maximum Gasteiger partial charge on any atom is 0.405 e. The van der Waals surface area contributed by atoms with Crippen molar-refractivity contribution in [3.8, 4) is 5.75 Å². The summed E-state index contributed by atoms with van der Waals surface area (Å²) in [6.45, 7) is 5.59. The van der Waals surface area contributed by atoms with E-state index < -0.39 is 12.1 Å². The molecule has 2 aliphatic rings. The SMILES string of the molecule is CC(C)[C@H]1COCCCCCC=CCOc2ccc(cc2)C[C@@H](NC(=O)O)C(=O)N1. The fourth-order valence-corrected chi connectivity index (χ4v) is 3.18. The van der Waals surface area contributed by atoms with Gasteiger partial charge in [-0.2, -0.15) is 0 Å². The number of fused-ring (bicyclic) bond motifs is 16. The number of rotatable bonds is 2. The number of amides is 2. The third kappa shape index (κ3) is 8.86. The fraction of sp³-hybridized carbons (Fsp3) is 0.565. The zero-order valence-electron chi connectivity index (χ0n) is 17.9. The van der Waals surface area contributed by atoms with Gasteiger partial charge in [-0.3, -0.25) is 4.79 Å². The highest BCUT2D eigenvalue weighted by Gasteiger charge is 2.25. The van der Waals surface area contributed by atoms with Crippen LogP contribution in [0.2, 0.25) is 0 Å². The number of benzene rings is 1. The molecule has 2 aliphatic heterocycles. The molecule has 3 N–H and O–H groups in total. The van der Waals surface area contributed by atoms with Crippen LogP contribution in [-0.2, 0) is 16.0 Å². The number of carboxylic acid groups (broad SMARTS) is 1. The highest BCUT2D eigenvalue weighted by molar-refractivity contribution is 5.85. The molecular formula is C23H34N2O5. The summed E-state index contributed by atoms with van der Waals surface area (Å²) in [4.78, 5) is 24.1. The maximum absolute atomic E-state index is 12.8. The first-order valence-corrected chi connectivity index (χ1v) is 10.7. The first-order chi connectivity index (χ1) is 14.5. The van der Waals surface area contributed by atoms with Gasteiger partial charge in [0.05, 0.1) is 12.6 Å². The largest absolute Gasteiger partial charge is 0.490 e. The maximum atomic E-state index is 12.8. The molecular weight excluding hydrogens is 384 g/mol. The normalized spacial score (nSPS) is 22.2. The molecule has 0 radical (unpaired) electrons. The lowest BCUT2D eigenvalue weighted by atomic mass is 10.0. The summed E-state index contributed by atoms with van der Waals surface area (Å²) in [5.41, 5.74) is 0.846. The van der Waals surface area contributed by atoms with Gasteiger partial charge >= 0.3 is 6.09 Å². The van der Waals surface area contributed by atoms with Gasteiger partial charge in [0, 0.05) is 13.0 Å². The monoisotopic (exact) mass is 418 g/mol. The fourth-order valence-electron chi connectivity index (χ4n) is 3.18. The van der Waals surface area contributed by atoms with E-state index in [2.05, 4.69) is 16.7 Å². The van der Waals surface area contributed by atoms with Crippen LogP contribution >= 0.6 is 0 Å². The summed E-state index contributed by atoms with van der Waals surface area (Å²) in [5.74, 6) is 0.556. The summed E-state index contributed by atoms with van der Waals surface area (Å²) in [6, 6.07) is 6.31. The number of carbonyl (C=O) groups excluding carboxylic acids is 1. The van der Waals surface area contributed by atoms with Crippen molar-refractivity contribution in [1.29, 1.82) is 0 Å². The van der Waals surface area contributed by atoms with Crippen molar-refractivity contribution in [2.24, 2.45) is 5.92 Å². The second kappa shape index (κ2) is 12.9. The standard InChI is InChI=1S/C23H34N2O5/c1-17(2)21-16-29-13-7-5-3-4-6-8-14-30-19-11-9-18(10-12-19)15-20(22(26)24-21)25-23(27)28/h6,8-12,17,20-21,25H,3-5,7,13-16H2,1-2H3,(H,24,26)(H,27,28)/t20-,21-/m1/s1. The minimum Gasteiger partial charge on any atom is -0.490 e. The van der Waals surface area contributed by atoms with Crippen molar-refractivity contribution < 1.29 is 24.2 Å². The smallest absolute Gasteiger partial charge is 0.405 e. The summed E-state index contributed by atoms with van der Waals surface area (Å²) in [6.07, 6.45) is 7.35. The third-order valence-electron chi connectivity index (χ3n) is 5.08. The Hall–Kier alpha value is -2.54. The van der Waals surface area contributed by atoms with E-state index in [-0.39, 0.29) is 24.3 Å². The lowest BCUT2D eigenvalue weighted by Gasteiger charge is -2.25. The van der Waals surface area contributed by atoms with Gasteiger partial charge in [0.1, 0.15) is 18.4 Å². The van der Waals surface area contributed by atoms with Crippen LogP contribution in [0.5, 0.6) is 5.75 Å². The van der Waals surface area contributed by atoms with E-state index in [9.17, 15) is 14.7 Å². The predicted octanol–water partition coefficient (Wildman–Crippen LogP) is 3.53. The van der Waals surface area contributed by atoms with E-state index >= 15 is 0 Å². The number of allylic oxidation sites excluding steroid dienone is 1. The summed E-state index contributed by atoms with van der Waals surface area (Å²) >= 11 is 0. The van der Waals surface area contributed by atoms with E-state index in [1.807, 2.05) is 44.2 Å². The van der Waals surface area contributed by atoms with Gasteiger partial charge in [0.25, 0.3) is 0 Å². The third-order valence-corrected chi connectivity index (χ3v) is 5.08. The van der Waals surface area contributed by atoms with Gasteiger partial charge in [-0.05, 0) is 42.9 Å². The summed E-state index contributed by atoms with van der Waals surface area (Å²) < 4.78 is 11.5.